The van der Waals surface area contributed by atoms with Crippen molar-refractivity contribution in [1.82, 2.24) is 19.8 Å². The first kappa shape index (κ1) is 22.0. The number of carbonyl (C=O) groups excluding carboxylic acids is 1. The number of hydrogen-bond acceptors (Lipinski definition) is 5. The second-order valence-corrected chi connectivity index (χ2v) is 8.09. The lowest BCUT2D eigenvalue weighted by Crippen LogP contribution is -2.47. The number of rotatable bonds is 7. The van der Waals surface area contributed by atoms with E-state index in [4.69, 9.17) is 0 Å². The third-order valence-corrected chi connectivity index (χ3v) is 5.85. The van der Waals surface area contributed by atoms with E-state index in [0.29, 0.717) is 23.3 Å². The lowest BCUT2D eigenvalue weighted by Gasteiger charge is -2.36. The van der Waals surface area contributed by atoms with Crippen molar-refractivity contribution in [3.63, 3.8) is 0 Å². The number of carbonyl (C=O) groups is 1. The van der Waals surface area contributed by atoms with Crippen LogP contribution in [0, 0.1) is 12.7 Å². The maximum absolute atomic E-state index is 13.1. The van der Waals surface area contributed by atoms with Crippen LogP contribution in [-0.2, 0) is 11.3 Å². The molecule has 1 aromatic heterocycles. The monoisotopic (exact) mass is 437 g/mol. The standard InChI is InChI=1S/C24H28FN5O2/c1-18-24(32)30(22-6-3-2-5-21(22)27-18)17-23(31)26-11-4-12-28-13-15-29(16-14-28)20-9-7-19(25)8-10-20/h2-3,5-10H,4,11-17H2,1H3,(H,26,31). The molecule has 3 aromatic rings. The average molecular weight is 438 g/mol. The first-order valence-corrected chi connectivity index (χ1v) is 11.0. The molecule has 1 aliphatic rings. The predicted octanol–water partition coefficient (Wildman–Crippen LogP) is 2.17. The van der Waals surface area contributed by atoms with E-state index in [1.165, 1.54) is 16.7 Å². The van der Waals surface area contributed by atoms with Crippen molar-refractivity contribution in [2.24, 2.45) is 0 Å². The average Bonchev–Trinajstić information content (AvgIpc) is 2.81. The molecule has 7 nitrogen and oxygen atoms in total. The number of anilines is 1. The number of aryl methyl sites for hydroxylation is 1. The number of benzene rings is 2. The molecule has 1 fully saturated rings. The normalized spacial score (nSPS) is 14.6. The van der Waals surface area contributed by atoms with Gasteiger partial charge in [-0.1, -0.05) is 12.1 Å². The third-order valence-electron chi connectivity index (χ3n) is 5.85. The molecule has 0 aliphatic carbocycles. The van der Waals surface area contributed by atoms with Crippen LogP contribution in [0.15, 0.2) is 53.3 Å². The van der Waals surface area contributed by atoms with Crippen LogP contribution in [0.5, 0.6) is 0 Å². The fourth-order valence-electron chi connectivity index (χ4n) is 4.09. The molecule has 0 spiro atoms. The van der Waals surface area contributed by atoms with Crippen molar-refractivity contribution in [2.45, 2.75) is 19.9 Å². The zero-order valence-corrected chi connectivity index (χ0v) is 18.3. The van der Waals surface area contributed by atoms with E-state index >= 15 is 0 Å². The largest absolute Gasteiger partial charge is 0.369 e. The van der Waals surface area contributed by atoms with Crippen LogP contribution in [-0.4, -0.2) is 59.6 Å². The first-order chi connectivity index (χ1) is 15.5. The highest BCUT2D eigenvalue weighted by Crippen LogP contribution is 2.17. The summed E-state index contributed by atoms with van der Waals surface area (Å²) in [5.74, 6) is -0.393. The summed E-state index contributed by atoms with van der Waals surface area (Å²) in [5, 5.41) is 2.93. The lowest BCUT2D eigenvalue weighted by molar-refractivity contribution is -0.121. The molecule has 32 heavy (non-hydrogen) atoms. The SMILES string of the molecule is Cc1nc2ccccc2n(CC(=O)NCCCN2CCN(c3ccc(F)cc3)CC2)c1=O. The van der Waals surface area contributed by atoms with Crippen LogP contribution in [0.3, 0.4) is 0 Å². The van der Waals surface area contributed by atoms with Crippen molar-refractivity contribution >= 4 is 22.6 Å². The van der Waals surface area contributed by atoms with E-state index in [-0.39, 0.29) is 23.8 Å². The minimum Gasteiger partial charge on any atom is -0.369 e. The van der Waals surface area contributed by atoms with Crippen LogP contribution in [0.1, 0.15) is 12.1 Å². The Morgan fingerprint density at radius 3 is 2.53 bits per heavy atom. The van der Waals surface area contributed by atoms with Gasteiger partial charge in [-0.2, -0.15) is 0 Å². The number of hydrogen-bond donors (Lipinski definition) is 1. The van der Waals surface area contributed by atoms with E-state index in [9.17, 15) is 14.0 Å². The summed E-state index contributed by atoms with van der Waals surface area (Å²) in [7, 11) is 0. The Bertz CT molecular complexity index is 1140. The number of para-hydroxylation sites is 2. The number of halogens is 1. The first-order valence-electron chi connectivity index (χ1n) is 11.0. The second-order valence-electron chi connectivity index (χ2n) is 8.09. The van der Waals surface area contributed by atoms with Gasteiger partial charge in [-0.3, -0.25) is 19.1 Å². The summed E-state index contributed by atoms with van der Waals surface area (Å²) in [6.45, 7) is 6.78. The Hall–Kier alpha value is -3.26. The van der Waals surface area contributed by atoms with Gasteiger partial charge in [0.1, 0.15) is 18.1 Å². The van der Waals surface area contributed by atoms with Crippen molar-refractivity contribution in [3.05, 3.63) is 70.4 Å². The smallest absolute Gasteiger partial charge is 0.272 e. The molecule has 2 aromatic carbocycles. The molecule has 0 unspecified atom stereocenters. The van der Waals surface area contributed by atoms with Crippen LogP contribution in [0.25, 0.3) is 11.0 Å². The third kappa shape index (κ3) is 5.13. The van der Waals surface area contributed by atoms with Gasteiger partial charge in [-0.15, -0.1) is 0 Å². The molecule has 4 rings (SSSR count). The van der Waals surface area contributed by atoms with Gasteiger partial charge >= 0.3 is 0 Å². The summed E-state index contributed by atoms with van der Waals surface area (Å²) < 4.78 is 14.6. The minimum atomic E-state index is -0.238. The van der Waals surface area contributed by atoms with Gasteiger partial charge in [0.25, 0.3) is 5.56 Å². The molecule has 2 heterocycles. The summed E-state index contributed by atoms with van der Waals surface area (Å²) in [6, 6.07) is 14.0. The number of piperazine rings is 1. The molecule has 1 amide bonds. The van der Waals surface area contributed by atoms with E-state index in [2.05, 4.69) is 20.1 Å². The molecule has 8 heteroatoms. The van der Waals surface area contributed by atoms with Gasteiger partial charge in [-0.25, -0.2) is 9.37 Å². The van der Waals surface area contributed by atoms with Crippen molar-refractivity contribution in [2.75, 3.05) is 44.2 Å². The Labute approximate surface area is 186 Å². The molecular weight excluding hydrogens is 409 g/mol. The molecule has 0 bridgehead atoms. The Kier molecular flexibility index (Phi) is 6.80. The van der Waals surface area contributed by atoms with Gasteiger partial charge in [0.15, 0.2) is 0 Å². The van der Waals surface area contributed by atoms with E-state index in [0.717, 1.165) is 44.8 Å². The van der Waals surface area contributed by atoms with Gasteiger partial charge in [-0.05, 0) is 56.3 Å². The summed E-state index contributed by atoms with van der Waals surface area (Å²) in [5.41, 5.74) is 2.57. The van der Waals surface area contributed by atoms with E-state index in [1.54, 1.807) is 6.92 Å². The molecular formula is C24H28FN5O2. The summed E-state index contributed by atoms with van der Waals surface area (Å²) in [4.78, 5) is 33.9. The molecule has 0 atom stereocenters. The predicted molar refractivity (Wildman–Crippen MR) is 123 cm³/mol. The molecule has 1 N–H and O–H groups in total. The van der Waals surface area contributed by atoms with Crippen molar-refractivity contribution in [1.29, 1.82) is 0 Å². The molecule has 168 valence electrons. The maximum atomic E-state index is 13.1. The lowest BCUT2D eigenvalue weighted by atomic mass is 10.2. The number of aromatic nitrogens is 2. The fraction of sp³-hybridized carbons (Fsp3) is 0.375. The molecule has 1 saturated heterocycles. The topological polar surface area (TPSA) is 70.5 Å². The quantitative estimate of drug-likeness (QED) is 0.574. The highest BCUT2D eigenvalue weighted by Gasteiger charge is 2.17. The van der Waals surface area contributed by atoms with Gasteiger partial charge < -0.3 is 10.2 Å². The Balaban J connectivity index is 1.22. The zero-order chi connectivity index (χ0) is 22.5. The highest BCUT2D eigenvalue weighted by atomic mass is 19.1. The van der Waals surface area contributed by atoms with E-state index < -0.39 is 0 Å². The van der Waals surface area contributed by atoms with Crippen molar-refractivity contribution in [3.8, 4) is 0 Å². The zero-order valence-electron chi connectivity index (χ0n) is 18.3. The number of nitrogens with zero attached hydrogens (tertiary/aromatic N) is 4. The minimum absolute atomic E-state index is 0.0148. The summed E-state index contributed by atoms with van der Waals surface area (Å²) >= 11 is 0. The molecule has 0 saturated carbocycles. The van der Waals surface area contributed by atoms with Gasteiger partial charge in [0, 0.05) is 38.4 Å². The summed E-state index contributed by atoms with van der Waals surface area (Å²) in [6.07, 6.45) is 0.841. The van der Waals surface area contributed by atoms with Crippen LogP contribution in [0.2, 0.25) is 0 Å². The fourth-order valence-corrected chi connectivity index (χ4v) is 4.09. The Morgan fingerprint density at radius 2 is 1.78 bits per heavy atom. The number of amides is 1. The molecule has 0 radical (unpaired) electrons. The van der Waals surface area contributed by atoms with Crippen LogP contribution < -0.4 is 15.8 Å². The number of nitrogens with one attached hydrogen (secondary N) is 1. The van der Waals surface area contributed by atoms with Crippen molar-refractivity contribution < 1.29 is 9.18 Å². The molecule has 1 aliphatic heterocycles. The van der Waals surface area contributed by atoms with E-state index in [1.807, 2.05) is 36.4 Å². The van der Waals surface area contributed by atoms with Gasteiger partial charge in [0.2, 0.25) is 5.91 Å². The maximum Gasteiger partial charge on any atom is 0.272 e. The second kappa shape index (κ2) is 9.91. The van der Waals surface area contributed by atoms with Gasteiger partial charge in [0.05, 0.1) is 11.0 Å². The van der Waals surface area contributed by atoms with Crippen LogP contribution >= 0.6 is 0 Å². The van der Waals surface area contributed by atoms with Crippen LogP contribution in [0.4, 0.5) is 10.1 Å². The highest BCUT2D eigenvalue weighted by molar-refractivity contribution is 5.80. The number of fused-ring (bicyclic) bond motifs is 1. The Morgan fingerprint density at radius 1 is 1.06 bits per heavy atom.